The molecule has 2 saturated heterocycles. The summed E-state index contributed by atoms with van der Waals surface area (Å²) in [5.41, 5.74) is 0. The average Bonchev–Trinajstić information content (AvgIpc) is 2.87. The molecule has 3 atom stereocenters. The van der Waals surface area contributed by atoms with E-state index in [4.69, 9.17) is 4.74 Å². The highest BCUT2D eigenvalue weighted by atomic mass is 16.5. The summed E-state index contributed by atoms with van der Waals surface area (Å²) < 4.78 is 5.55. The summed E-state index contributed by atoms with van der Waals surface area (Å²) in [7, 11) is 6.52. The van der Waals surface area contributed by atoms with Gasteiger partial charge in [0, 0.05) is 31.6 Å². The fourth-order valence-corrected chi connectivity index (χ4v) is 3.19. The molecule has 4 nitrogen and oxygen atoms in total. The summed E-state index contributed by atoms with van der Waals surface area (Å²) in [6.07, 6.45) is 1.36. The highest BCUT2D eigenvalue weighted by molar-refractivity contribution is 4.83. The van der Waals surface area contributed by atoms with E-state index in [2.05, 4.69) is 29.2 Å². The quantitative estimate of drug-likeness (QED) is 0.739. The van der Waals surface area contributed by atoms with Crippen LogP contribution in [0.2, 0.25) is 0 Å². The van der Waals surface area contributed by atoms with Crippen LogP contribution >= 0.6 is 0 Å². The third-order valence-corrected chi connectivity index (χ3v) is 4.17. The molecular formula is C13H27N3O. The molecule has 0 radical (unpaired) electrons. The van der Waals surface area contributed by atoms with Gasteiger partial charge in [-0.15, -0.1) is 0 Å². The van der Waals surface area contributed by atoms with Gasteiger partial charge < -0.3 is 19.9 Å². The maximum absolute atomic E-state index is 5.55. The molecule has 0 saturated carbocycles. The van der Waals surface area contributed by atoms with Crippen molar-refractivity contribution in [2.24, 2.45) is 11.8 Å². The predicted molar refractivity (Wildman–Crippen MR) is 70.3 cm³/mol. The van der Waals surface area contributed by atoms with Crippen LogP contribution in [0.3, 0.4) is 0 Å². The van der Waals surface area contributed by atoms with E-state index >= 15 is 0 Å². The summed E-state index contributed by atoms with van der Waals surface area (Å²) in [5.74, 6) is 1.52. The molecule has 3 unspecified atom stereocenters. The number of likely N-dealkylation sites (N-methyl/N-ethyl adjacent to an activating group) is 1. The lowest BCUT2D eigenvalue weighted by atomic mass is 10.0. The molecule has 0 aromatic carbocycles. The second kappa shape index (κ2) is 6.14. The Balaban J connectivity index is 1.71. The van der Waals surface area contributed by atoms with E-state index in [1.165, 1.54) is 26.1 Å². The summed E-state index contributed by atoms with van der Waals surface area (Å²) in [6.45, 7) is 6.72. The van der Waals surface area contributed by atoms with Crippen molar-refractivity contribution < 1.29 is 4.74 Å². The zero-order valence-electron chi connectivity index (χ0n) is 11.5. The third-order valence-electron chi connectivity index (χ3n) is 4.17. The van der Waals surface area contributed by atoms with Crippen molar-refractivity contribution in [1.29, 1.82) is 0 Å². The normalized spacial score (nSPS) is 34.9. The van der Waals surface area contributed by atoms with E-state index in [1.807, 2.05) is 7.05 Å². The smallest absolute Gasteiger partial charge is 0.0623 e. The Kier molecular flexibility index (Phi) is 4.79. The molecule has 1 N–H and O–H groups in total. The van der Waals surface area contributed by atoms with Gasteiger partial charge in [-0.05, 0) is 40.0 Å². The van der Waals surface area contributed by atoms with Gasteiger partial charge in [0.1, 0.15) is 0 Å². The minimum atomic E-state index is 0.545. The molecule has 2 fully saturated rings. The number of rotatable bonds is 5. The molecule has 0 aromatic heterocycles. The van der Waals surface area contributed by atoms with Crippen LogP contribution in [0.25, 0.3) is 0 Å². The van der Waals surface area contributed by atoms with Crippen molar-refractivity contribution in [1.82, 2.24) is 15.1 Å². The summed E-state index contributed by atoms with van der Waals surface area (Å²) >= 11 is 0. The second-order valence-electron chi connectivity index (χ2n) is 5.83. The molecule has 0 amide bonds. The molecule has 2 aliphatic rings. The molecule has 4 heteroatoms. The van der Waals surface area contributed by atoms with Gasteiger partial charge in [0.2, 0.25) is 0 Å². The maximum atomic E-state index is 5.55. The predicted octanol–water partition coefficient (Wildman–Crippen LogP) is 0.104. The lowest BCUT2D eigenvalue weighted by Gasteiger charge is -2.26. The van der Waals surface area contributed by atoms with Gasteiger partial charge >= 0.3 is 0 Å². The first-order valence-corrected chi connectivity index (χ1v) is 6.81. The molecule has 100 valence electrons. The van der Waals surface area contributed by atoms with Gasteiger partial charge in [0.25, 0.3) is 0 Å². The van der Waals surface area contributed by atoms with Crippen molar-refractivity contribution in [2.75, 3.05) is 60.5 Å². The molecule has 0 aromatic rings. The fourth-order valence-electron chi connectivity index (χ4n) is 3.19. The second-order valence-corrected chi connectivity index (χ2v) is 5.83. The van der Waals surface area contributed by atoms with Gasteiger partial charge in [-0.25, -0.2) is 0 Å². The van der Waals surface area contributed by atoms with Gasteiger partial charge in [-0.2, -0.15) is 0 Å². The van der Waals surface area contributed by atoms with Gasteiger partial charge in [0.05, 0.1) is 13.2 Å². The Bertz CT molecular complexity index is 237. The van der Waals surface area contributed by atoms with E-state index in [0.717, 1.165) is 25.7 Å². The number of hydrogen-bond donors (Lipinski definition) is 1. The van der Waals surface area contributed by atoms with E-state index in [0.29, 0.717) is 12.0 Å². The van der Waals surface area contributed by atoms with Crippen LogP contribution in [0.4, 0.5) is 0 Å². The number of likely N-dealkylation sites (tertiary alicyclic amines) is 1. The lowest BCUT2D eigenvalue weighted by Crippen LogP contribution is -2.40. The Morgan fingerprint density at radius 2 is 2.18 bits per heavy atom. The molecule has 2 rings (SSSR count). The number of hydrogen-bond acceptors (Lipinski definition) is 4. The monoisotopic (exact) mass is 241 g/mol. The van der Waals surface area contributed by atoms with Crippen LogP contribution in [-0.2, 0) is 4.74 Å². The average molecular weight is 241 g/mol. The molecule has 0 aliphatic carbocycles. The van der Waals surface area contributed by atoms with Crippen LogP contribution in [0.1, 0.15) is 6.42 Å². The van der Waals surface area contributed by atoms with Crippen molar-refractivity contribution >= 4 is 0 Å². The number of nitrogens with one attached hydrogen (secondary N) is 1. The van der Waals surface area contributed by atoms with Crippen LogP contribution in [0.15, 0.2) is 0 Å². The highest BCUT2D eigenvalue weighted by Gasteiger charge is 2.29. The third kappa shape index (κ3) is 3.65. The summed E-state index contributed by atoms with van der Waals surface area (Å²) in [4.78, 5) is 4.93. The van der Waals surface area contributed by atoms with Crippen LogP contribution in [0.5, 0.6) is 0 Å². The molecule has 0 bridgehead atoms. The molecule has 2 aliphatic heterocycles. The standard InChI is InChI=1S/C13H27N3O/c1-14-13-10-17-9-12(13)8-16(3)7-11-4-5-15(2)6-11/h11-14H,4-10H2,1-3H3. The molecule has 0 spiro atoms. The Morgan fingerprint density at radius 3 is 2.82 bits per heavy atom. The Morgan fingerprint density at radius 1 is 1.35 bits per heavy atom. The molecular weight excluding hydrogens is 214 g/mol. The minimum Gasteiger partial charge on any atom is -0.379 e. The zero-order chi connectivity index (χ0) is 12.3. The fraction of sp³-hybridized carbons (Fsp3) is 1.00. The van der Waals surface area contributed by atoms with E-state index in [9.17, 15) is 0 Å². The van der Waals surface area contributed by atoms with Crippen LogP contribution < -0.4 is 5.32 Å². The first-order valence-electron chi connectivity index (χ1n) is 6.81. The first kappa shape index (κ1) is 13.3. The largest absolute Gasteiger partial charge is 0.379 e. The molecule has 2 heterocycles. The zero-order valence-corrected chi connectivity index (χ0v) is 11.5. The summed E-state index contributed by atoms with van der Waals surface area (Å²) in [5, 5.41) is 3.36. The van der Waals surface area contributed by atoms with Crippen LogP contribution in [-0.4, -0.2) is 76.4 Å². The SMILES string of the molecule is CNC1COCC1CN(C)CC1CCN(C)C1. The van der Waals surface area contributed by atoms with E-state index in [1.54, 1.807) is 0 Å². The maximum Gasteiger partial charge on any atom is 0.0623 e. The Labute approximate surface area is 105 Å². The minimum absolute atomic E-state index is 0.545. The topological polar surface area (TPSA) is 27.7 Å². The molecule has 17 heavy (non-hydrogen) atoms. The van der Waals surface area contributed by atoms with Gasteiger partial charge in [0.15, 0.2) is 0 Å². The van der Waals surface area contributed by atoms with Crippen molar-refractivity contribution in [3.63, 3.8) is 0 Å². The number of ether oxygens (including phenoxy) is 1. The number of nitrogens with zero attached hydrogens (tertiary/aromatic N) is 2. The summed E-state index contributed by atoms with van der Waals surface area (Å²) in [6, 6.07) is 0.545. The highest BCUT2D eigenvalue weighted by Crippen LogP contribution is 2.18. The van der Waals surface area contributed by atoms with Crippen molar-refractivity contribution in [2.45, 2.75) is 12.5 Å². The van der Waals surface area contributed by atoms with E-state index < -0.39 is 0 Å². The van der Waals surface area contributed by atoms with E-state index in [-0.39, 0.29) is 0 Å². The Hall–Kier alpha value is -0.160. The lowest BCUT2D eigenvalue weighted by molar-refractivity contribution is 0.169. The van der Waals surface area contributed by atoms with Crippen LogP contribution in [0, 0.1) is 11.8 Å². The van der Waals surface area contributed by atoms with Crippen molar-refractivity contribution in [3.8, 4) is 0 Å². The van der Waals surface area contributed by atoms with Gasteiger partial charge in [-0.1, -0.05) is 0 Å². The first-order chi connectivity index (χ1) is 8.19. The van der Waals surface area contributed by atoms with Crippen molar-refractivity contribution in [3.05, 3.63) is 0 Å². The van der Waals surface area contributed by atoms with Gasteiger partial charge in [-0.3, -0.25) is 0 Å².